The third-order valence-corrected chi connectivity index (χ3v) is 3.63. The lowest BCUT2D eigenvalue weighted by Crippen LogP contribution is -2.33. The summed E-state index contributed by atoms with van der Waals surface area (Å²) in [7, 11) is -2.47. The van der Waals surface area contributed by atoms with Crippen LogP contribution in [0.1, 0.15) is 6.92 Å². The predicted octanol–water partition coefficient (Wildman–Crippen LogP) is 1.86. The predicted molar refractivity (Wildman–Crippen MR) is 67.9 cm³/mol. The first kappa shape index (κ1) is 15.7. The standard InChI is InChI=1S/C11H16NO6P/c1-9(11(13)14)12-19(15,17-8-16-2)18-10-6-4-3-5-7-10/h3-7,9H,8H2,1-2H3,(H,12,15)(H,13,14)/t9-,19?/m0/s1. The minimum absolute atomic E-state index is 0.288. The lowest BCUT2D eigenvalue weighted by molar-refractivity contribution is -0.138. The molecule has 0 saturated carbocycles. The third kappa shape index (κ3) is 5.40. The van der Waals surface area contributed by atoms with Crippen molar-refractivity contribution in [3.05, 3.63) is 30.3 Å². The van der Waals surface area contributed by atoms with Crippen molar-refractivity contribution in [3.63, 3.8) is 0 Å². The lowest BCUT2D eigenvalue weighted by atomic mass is 10.3. The Labute approximate surface area is 111 Å². The summed E-state index contributed by atoms with van der Waals surface area (Å²) in [6, 6.07) is 7.21. The number of hydrogen-bond donors (Lipinski definition) is 2. The van der Waals surface area contributed by atoms with Crippen LogP contribution in [0.2, 0.25) is 0 Å². The van der Waals surface area contributed by atoms with Crippen LogP contribution >= 0.6 is 7.75 Å². The van der Waals surface area contributed by atoms with E-state index in [4.69, 9.17) is 14.2 Å². The van der Waals surface area contributed by atoms with Crippen molar-refractivity contribution in [2.75, 3.05) is 13.9 Å². The number of ether oxygens (including phenoxy) is 1. The minimum atomic E-state index is -3.82. The molecule has 106 valence electrons. The second-order valence-corrected chi connectivity index (χ2v) is 5.32. The Hall–Kier alpha value is -1.40. The molecule has 0 spiro atoms. The van der Waals surface area contributed by atoms with Crippen molar-refractivity contribution in [2.45, 2.75) is 13.0 Å². The third-order valence-electron chi connectivity index (χ3n) is 2.03. The van der Waals surface area contributed by atoms with Gasteiger partial charge in [-0.05, 0) is 19.1 Å². The summed E-state index contributed by atoms with van der Waals surface area (Å²) >= 11 is 0. The van der Waals surface area contributed by atoms with Gasteiger partial charge in [-0.2, -0.15) is 5.09 Å². The fraction of sp³-hybridized carbons (Fsp3) is 0.364. The highest BCUT2D eigenvalue weighted by molar-refractivity contribution is 7.52. The highest BCUT2D eigenvalue weighted by atomic mass is 31.2. The number of aliphatic carboxylic acids is 1. The molecule has 0 saturated heterocycles. The number of nitrogens with one attached hydrogen (secondary N) is 1. The van der Waals surface area contributed by atoms with E-state index >= 15 is 0 Å². The van der Waals surface area contributed by atoms with E-state index in [1.807, 2.05) is 0 Å². The molecule has 2 N–H and O–H groups in total. The SMILES string of the molecule is COCOP(=O)(N[C@@H](C)C(=O)O)Oc1ccccc1. The molecule has 8 heteroatoms. The molecule has 0 aliphatic rings. The molecular formula is C11H16NO6P. The highest BCUT2D eigenvalue weighted by Gasteiger charge is 2.31. The van der Waals surface area contributed by atoms with Gasteiger partial charge in [-0.15, -0.1) is 0 Å². The molecule has 0 fully saturated rings. The van der Waals surface area contributed by atoms with Crippen molar-refractivity contribution >= 4 is 13.7 Å². The van der Waals surface area contributed by atoms with Crippen LogP contribution in [0.5, 0.6) is 5.75 Å². The molecule has 0 heterocycles. The molecule has 1 aromatic rings. The maximum atomic E-state index is 12.4. The Kier molecular flexibility index (Phi) is 5.98. The van der Waals surface area contributed by atoms with Crippen molar-refractivity contribution in [1.82, 2.24) is 5.09 Å². The van der Waals surface area contributed by atoms with Gasteiger partial charge in [0.15, 0.2) is 6.79 Å². The van der Waals surface area contributed by atoms with Crippen LogP contribution in [-0.2, 0) is 18.6 Å². The van der Waals surface area contributed by atoms with Crippen LogP contribution in [0.25, 0.3) is 0 Å². The number of para-hydroxylation sites is 1. The largest absolute Gasteiger partial charge is 0.480 e. The van der Waals surface area contributed by atoms with Gasteiger partial charge in [0.2, 0.25) is 0 Å². The summed E-state index contributed by atoms with van der Waals surface area (Å²) in [5.74, 6) is -0.870. The number of hydrogen-bond acceptors (Lipinski definition) is 5. The maximum absolute atomic E-state index is 12.4. The zero-order valence-corrected chi connectivity index (χ0v) is 11.5. The van der Waals surface area contributed by atoms with E-state index in [1.165, 1.54) is 14.0 Å². The van der Waals surface area contributed by atoms with Gasteiger partial charge in [0.25, 0.3) is 0 Å². The Morgan fingerprint density at radius 1 is 1.42 bits per heavy atom. The van der Waals surface area contributed by atoms with Crippen LogP contribution in [0.4, 0.5) is 0 Å². The molecule has 0 amide bonds. The van der Waals surface area contributed by atoms with Gasteiger partial charge in [0.1, 0.15) is 11.8 Å². The molecule has 0 aliphatic heterocycles. The Morgan fingerprint density at radius 2 is 2.05 bits per heavy atom. The van der Waals surface area contributed by atoms with Crippen molar-refractivity contribution in [2.24, 2.45) is 0 Å². The van der Waals surface area contributed by atoms with E-state index < -0.39 is 19.8 Å². The number of carbonyl (C=O) groups is 1. The molecule has 1 unspecified atom stereocenters. The van der Waals surface area contributed by atoms with Gasteiger partial charge in [0, 0.05) is 7.11 Å². The van der Waals surface area contributed by atoms with Crippen molar-refractivity contribution in [3.8, 4) is 5.75 Å². The first-order valence-corrected chi connectivity index (χ1v) is 7.00. The van der Waals surface area contributed by atoms with Crippen molar-refractivity contribution in [1.29, 1.82) is 0 Å². The summed E-state index contributed by atoms with van der Waals surface area (Å²) in [6.45, 7) is 1.04. The van der Waals surface area contributed by atoms with Gasteiger partial charge < -0.3 is 14.4 Å². The monoisotopic (exact) mass is 289 g/mol. The number of rotatable bonds is 8. The summed E-state index contributed by atoms with van der Waals surface area (Å²) < 4.78 is 27.2. The van der Waals surface area contributed by atoms with Crippen LogP contribution in [-0.4, -0.2) is 31.0 Å². The smallest absolute Gasteiger partial charge is 0.461 e. The molecule has 0 bridgehead atoms. The Morgan fingerprint density at radius 3 is 2.58 bits per heavy atom. The Bertz CT molecular complexity index is 452. The lowest BCUT2D eigenvalue weighted by Gasteiger charge is -2.21. The summed E-state index contributed by atoms with van der Waals surface area (Å²) in [4.78, 5) is 10.8. The van der Waals surface area contributed by atoms with E-state index in [0.29, 0.717) is 5.75 Å². The number of carboxylic acid groups (broad SMARTS) is 1. The minimum Gasteiger partial charge on any atom is -0.480 e. The van der Waals surface area contributed by atoms with Crippen molar-refractivity contribution < 1.29 is 28.3 Å². The second-order valence-electron chi connectivity index (χ2n) is 3.63. The number of benzene rings is 1. The quantitative estimate of drug-likeness (QED) is 0.557. The van der Waals surface area contributed by atoms with Crippen LogP contribution in [0, 0.1) is 0 Å². The topological polar surface area (TPSA) is 94.1 Å². The molecule has 7 nitrogen and oxygen atoms in total. The average Bonchev–Trinajstić information content (AvgIpc) is 2.37. The molecule has 1 aromatic carbocycles. The van der Waals surface area contributed by atoms with E-state index in [1.54, 1.807) is 30.3 Å². The number of carboxylic acids is 1. The average molecular weight is 289 g/mol. The molecule has 0 radical (unpaired) electrons. The van der Waals surface area contributed by atoms with Gasteiger partial charge in [-0.25, -0.2) is 4.57 Å². The zero-order valence-electron chi connectivity index (χ0n) is 10.6. The Balaban J connectivity index is 2.80. The normalized spacial score (nSPS) is 15.5. The van der Waals surface area contributed by atoms with Gasteiger partial charge >= 0.3 is 13.7 Å². The fourth-order valence-corrected chi connectivity index (χ4v) is 2.53. The van der Waals surface area contributed by atoms with Gasteiger partial charge in [-0.1, -0.05) is 18.2 Å². The van der Waals surface area contributed by atoms with Crippen LogP contribution < -0.4 is 9.61 Å². The van der Waals surface area contributed by atoms with E-state index in [9.17, 15) is 9.36 Å². The van der Waals surface area contributed by atoms with E-state index in [2.05, 4.69) is 9.82 Å². The first-order chi connectivity index (χ1) is 8.97. The van der Waals surface area contributed by atoms with Gasteiger partial charge in [0.05, 0.1) is 0 Å². The fourth-order valence-electron chi connectivity index (χ4n) is 1.12. The first-order valence-electron chi connectivity index (χ1n) is 5.45. The molecule has 0 aromatic heterocycles. The second kappa shape index (κ2) is 7.25. The summed E-state index contributed by atoms with van der Waals surface area (Å²) in [5, 5.41) is 11.1. The zero-order chi connectivity index (χ0) is 14.3. The van der Waals surface area contributed by atoms with Gasteiger partial charge in [-0.3, -0.25) is 9.32 Å². The molecule has 1 rings (SSSR count). The maximum Gasteiger partial charge on any atom is 0.461 e. The highest BCUT2D eigenvalue weighted by Crippen LogP contribution is 2.44. The molecule has 2 atom stereocenters. The molecule has 19 heavy (non-hydrogen) atoms. The molecule has 0 aliphatic carbocycles. The van der Waals surface area contributed by atoms with Crippen LogP contribution in [0.15, 0.2) is 30.3 Å². The number of methoxy groups -OCH3 is 1. The van der Waals surface area contributed by atoms with E-state index in [0.717, 1.165) is 0 Å². The van der Waals surface area contributed by atoms with E-state index in [-0.39, 0.29) is 6.79 Å². The summed E-state index contributed by atoms with van der Waals surface area (Å²) in [6.07, 6.45) is 0. The summed E-state index contributed by atoms with van der Waals surface area (Å²) in [5.41, 5.74) is 0. The molecular weight excluding hydrogens is 273 g/mol. The van der Waals surface area contributed by atoms with Crippen LogP contribution in [0.3, 0.4) is 0 Å².